The monoisotopic (exact) mass is 166 g/mol. The van der Waals surface area contributed by atoms with Gasteiger partial charge in [0.25, 0.3) is 0 Å². The third-order valence-electron chi connectivity index (χ3n) is 0.659. The van der Waals surface area contributed by atoms with Crippen LogP contribution in [0.4, 0.5) is 0 Å². The van der Waals surface area contributed by atoms with Crippen LogP contribution in [0.2, 0.25) is 0 Å². The lowest BCUT2D eigenvalue weighted by molar-refractivity contribution is -0.138. The maximum absolute atomic E-state index is 9.90. The summed E-state index contributed by atoms with van der Waals surface area (Å²) in [5, 5.41) is 11.1. The van der Waals surface area contributed by atoms with E-state index >= 15 is 0 Å². The lowest BCUT2D eigenvalue weighted by Crippen LogP contribution is -2.32. The second kappa shape index (κ2) is 6.15. The van der Waals surface area contributed by atoms with Gasteiger partial charge in [-0.15, -0.1) is 12.4 Å². The van der Waals surface area contributed by atoms with E-state index in [9.17, 15) is 4.79 Å². The summed E-state index contributed by atoms with van der Waals surface area (Å²) in [4.78, 5) is 12.2. The summed E-state index contributed by atoms with van der Waals surface area (Å²) in [5.74, 6) is -1.16. The fourth-order valence-electron chi connectivity index (χ4n) is 0.203. The zero-order chi connectivity index (χ0) is 7.28. The van der Waals surface area contributed by atoms with Gasteiger partial charge in [0.2, 0.25) is 0 Å². The largest absolute Gasteiger partial charge is 0.480 e. The van der Waals surface area contributed by atoms with Crippen LogP contribution in [0.25, 0.3) is 10.4 Å². The minimum atomic E-state index is -1.16. The lowest BCUT2D eigenvalue weighted by Gasteiger charge is -1.97. The molecule has 0 amide bonds. The SMILES string of the molecule is Cl.[N-]=[N+]=NCC(N)C(=O)O. The summed E-state index contributed by atoms with van der Waals surface area (Å²) in [6.45, 7) is -0.203. The Hall–Kier alpha value is -0.970. The third-order valence-corrected chi connectivity index (χ3v) is 0.659. The third kappa shape index (κ3) is 5.17. The van der Waals surface area contributed by atoms with Crippen molar-refractivity contribution in [2.75, 3.05) is 6.54 Å². The Morgan fingerprint density at radius 2 is 2.40 bits per heavy atom. The molecule has 1 atom stereocenters. The van der Waals surface area contributed by atoms with Crippen LogP contribution in [-0.4, -0.2) is 23.7 Å². The highest BCUT2D eigenvalue weighted by atomic mass is 35.5. The Morgan fingerprint density at radius 1 is 1.90 bits per heavy atom. The Bertz CT molecular complexity index is 155. The van der Waals surface area contributed by atoms with Crippen molar-refractivity contribution in [2.45, 2.75) is 6.04 Å². The number of hydrogen-bond donors (Lipinski definition) is 2. The number of aliphatic carboxylic acids is 1. The van der Waals surface area contributed by atoms with Crippen molar-refractivity contribution in [3.05, 3.63) is 10.4 Å². The lowest BCUT2D eigenvalue weighted by atomic mass is 10.3. The van der Waals surface area contributed by atoms with Crippen molar-refractivity contribution < 1.29 is 9.90 Å². The van der Waals surface area contributed by atoms with Crippen molar-refractivity contribution in [1.82, 2.24) is 0 Å². The number of halogens is 1. The van der Waals surface area contributed by atoms with Gasteiger partial charge in [-0.25, -0.2) is 0 Å². The minimum absolute atomic E-state index is 0. The number of carboxylic acid groups (broad SMARTS) is 1. The van der Waals surface area contributed by atoms with Gasteiger partial charge in [-0.1, -0.05) is 5.11 Å². The van der Waals surface area contributed by atoms with E-state index in [0.29, 0.717) is 0 Å². The molecule has 0 aliphatic rings. The normalized spacial score (nSPS) is 10.5. The summed E-state index contributed by atoms with van der Waals surface area (Å²) in [6.07, 6.45) is 0. The number of azide groups is 1. The molecule has 0 aliphatic carbocycles. The van der Waals surface area contributed by atoms with Crippen LogP contribution in [0.15, 0.2) is 5.11 Å². The number of rotatable bonds is 3. The first-order valence-corrected chi connectivity index (χ1v) is 2.17. The average Bonchev–Trinajstić information content (AvgIpc) is 1.82. The number of carboxylic acids is 1. The van der Waals surface area contributed by atoms with E-state index in [1.165, 1.54) is 0 Å². The maximum atomic E-state index is 9.90. The first-order valence-electron chi connectivity index (χ1n) is 2.17. The van der Waals surface area contributed by atoms with Gasteiger partial charge in [-0.05, 0) is 5.53 Å². The zero-order valence-electron chi connectivity index (χ0n) is 4.97. The molecule has 0 aromatic rings. The second-order valence-corrected chi connectivity index (χ2v) is 1.36. The summed E-state index contributed by atoms with van der Waals surface area (Å²) in [6, 6.07) is -1.08. The molecule has 0 radical (unpaired) electrons. The molecular formula is C3H7ClN4O2. The molecule has 0 aromatic heterocycles. The Morgan fingerprint density at radius 3 is 2.70 bits per heavy atom. The molecule has 0 rings (SSSR count). The summed E-state index contributed by atoms with van der Waals surface area (Å²) in [7, 11) is 0. The van der Waals surface area contributed by atoms with Crippen molar-refractivity contribution in [1.29, 1.82) is 0 Å². The predicted molar refractivity (Wildman–Crippen MR) is 36.9 cm³/mol. The van der Waals surface area contributed by atoms with Crippen molar-refractivity contribution in [3.63, 3.8) is 0 Å². The first kappa shape index (κ1) is 11.8. The number of hydrogen-bond acceptors (Lipinski definition) is 3. The van der Waals surface area contributed by atoms with Gasteiger partial charge in [-0.3, -0.25) is 4.79 Å². The molecule has 7 heteroatoms. The van der Waals surface area contributed by atoms with Crippen molar-refractivity contribution in [2.24, 2.45) is 10.8 Å². The molecular weight excluding hydrogens is 160 g/mol. The number of carbonyl (C=O) groups is 1. The van der Waals surface area contributed by atoms with Crippen LogP contribution in [0.5, 0.6) is 0 Å². The van der Waals surface area contributed by atoms with Crippen LogP contribution in [-0.2, 0) is 4.79 Å². The second-order valence-electron chi connectivity index (χ2n) is 1.36. The molecule has 0 aromatic carbocycles. The van der Waals surface area contributed by atoms with Crippen LogP contribution in [0, 0.1) is 0 Å². The quantitative estimate of drug-likeness (QED) is 0.353. The molecule has 3 N–H and O–H groups in total. The highest BCUT2D eigenvalue weighted by Crippen LogP contribution is 1.79. The van der Waals surface area contributed by atoms with E-state index in [1.807, 2.05) is 0 Å². The Labute approximate surface area is 63.1 Å². The van der Waals surface area contributed by atoms with E-state index in [2.05, 4.69) is 10.0 Å². The molecule has 10 heavy (non-hydrogen) atoms. The van der Waals surface area contributed by atoms with Gasteiger partial charge in [0.05, 0.1) is 6.54 Å². The van der Waals surface area contributed by atoms with E-state index in [0.717, 1.165) is 0 Å². The standard InChI is InChI=1S/C3H6N4O2.ClH/c4-2(3(8)9)1-6-7-5;/h2H,1,4H2,(H,8,9);1H. The molecule has 58 valence electrons. The molecule has 0 fully saturated rings. The molecule has 0 spiro atoms. The topological polar surface area (TPSA) is 112 Å². The van der Waals surface area contributed by atoms with E-state index in [4.69, 9.17) is 16.4 Å². The summed E-state index contributed by atoms with van der Waals surface area (Å²) < 4.78 is 0. The molecule has 0 bridgehead atoms. The van der Waals surface area contributed by atoms with Crippen LogP contribution < -0.4 is 5.73 Å². The van der Waals surface area contributed by atoms with Crippen LogP contribution >= 0.6 is 12.4 Å². The summed E-state index contributed by atoms with van der Waals surface area (Å²) in [5.41, 5.74) is 12.6. The Kier molecular flexibility index (Phi) is 7.25. The van der Waals surface area contributed by atoms with Gasteiger partial charge in [0.15, 0.2) is 0 Å². The fraction of sp³-hybridized carbons (Fsp3) is 0.667. The van der Waals surface area contributed by atoms with E-state index in [1.54, 1.807) is 0 Å². The smallest absolute Gasteiger partial charge is 0.320 e. The van der Waals surface area contributed by atoms with E-state index < -0.39 is 12.0 Å². The summed E-state index contributed by atoms with van der Waals surface area (Å²) >= 11 is 0. The number of nitrogens with two attached hydrogens (primary N) is 1. The van der Waals surface area contributed by atoms with Gasteiger partial charge in [-0.2, -0.15) is 0 Å². The molecule has 0 aliphatic heterocycles. The molecule has 0 saturated carbocycles. The van der Waals surface area contributed by atoms with Crippen LogP contribution in [0.3, 0.4) is 0 Å². The molecule has 1 unspecified atom stereocenters. The van der Waals surface area contributed by atoms with Crippen molar-refractivity contribution >= 4 is 18.4 Å². The van der Waals surface area contributed by atoms with Crippen molar-refractivity contribution in [3.8, 4) is 0 Å². The highest BCUT2D eigenvalue weighted by molar-refractivity contribution is 5.85. The minimum Gasteiger partial charge on any atom is -0.480 e. The van der Waals surface area contributed by atoms with Gasteiger partial charge >= 0.3 is 5.97 Å². The fourth-order valence-corrected chi connectivity index (χ4v) is 0.203. The van der Waals surface area contributed by atoms with E-state index in [-0.39, 0.29) is 19.0 Å². The van der Waals surface area contributed by atoms with Gasteiger partial charge in [0.1, 0.15) is 6.04 Å². The Balaban J connectivity index is 0. The first-order chi connectivity index (χ1) is 4.18. The van der Waals surface area contributed by atoms with Gasteiger partial charge in [0, 0.05) is 4.91 Å². The molecule has 0 saturated heterocycles. The molecule has 0 heterocycles. The van der Waals surface area contributed by atoms with Crippen LogP contribution in [0.1, 0.15) is 0 Å². The maximum Gasteiger partial charge on any atom is 0.320 e. The molecule has 6 nitrogen and oxygen atoms in total. The predicted octanol–water partition coefficient (Wildman–Crippen LogP) is 0.130. The van der Waals surface area contributed by atoms with Gasteiger partial charge < -0.3 is 10.8 Å². The number of nitrogens with zero attached hydrogens (tertiary/aromatic N) is 3. The zero-order valence-corrected chi connectivity index (χ0v) is 5.78. The highest BCUT2D eigenvalue weighted by Gasteiger charge is 2.07. The average molecular weight is 167 g/mol.